The minimum absolute atomic E-state index is 0.0937. The van der Waals surface area contributed by atoms with Gasteiger partial charge in [0.2, 0.25) is 5.71 Å². The van der Waals surface area contributed by atoms with E-state index in [1.807, 2.05) is 4.98 Å². The Labute approximate surface area is 76.2 Å². The van der Waals surface area contributed by atoms with E-state index in [-0.39, 0.29) is 11.1 Å². The van der Waals surface area contributed by atoms with Gasteiger partial charge in [0, 0.05) is 6.07 Å². The highest BCUT2D eigenvalue weighted by molar-refractivity contribution is 5.74. The van der Waals surface area contributed by atoms with Gasteiger partial charge >= 0.3 is 11.3 Å². The Morgan fingerprint density at radius 1 is 1.21 bits per heavy atom. The molecule has 6 heteroatoms. The fourth-order valence-electron chi connectivity index (χ4n) is 1.28. The molecule has 2 aromatic heterocycles. The predicted molar refractivity (Wildman–Crippen MR) is 48.5 cm³/mol. The molecule has 0 aliphatic rings. The lowest BCUT2D eigenvalue weighted by atomic mass is 10.2. The van der Waals surface area contributed by atoms with Gasteiger partial charge in [0.1, 0.15) is 5.39 Å². The molecule has 2 N–H and O–H groups in total. The second-order valence-corrected chi connectivity index (χ2v) is 2.86. The van der Waals surface area contributed by atoms with Crippen LogP contribution in [0.25, 0.3) is 11.1 Å². The fraction of sp³-hybridized carbons (Fsp3) is 0.125. The first kappa shape index (κ1) is 8.49. The molecule has 2 aromatic rings. The van der Waals surface area contributed by atoms with Crippen molar-refractivity contribution in [3.8, 4) is 0 Å². The van der Waals surface area contributed by atoms with E-state index in [0.717, 1.165) is 0 Å². The number of aromatic amines is 2. The molecule has 0 saturated carbocycles. The van der Waals surface area contributed by atoms with Crippen LogP contribution < -0.4 is 16.9 Å². The standard InChI is InChI=1S/C8H6N2O4/c1-3-2-4(11)14-7-5(3)6(12)9-8(13)10-7/h2H,1H3,(H2,9,10,12,13). The summed E-state index contributed by atoms with van der Waals surface area (Å²) in [7, 11) is 0. The van der Waals surface area contributed by atoms with Gasteiger partial charge in [0.25, 0.3) is 5.56 Å². The number of nitrogens with one attached hydrogen (secondary N) is 2. The number of aryl methyl sites for hydroxylation is 1. The van der Waals surface area contributed by atoms with Gasteiger partial charge < -0.3 is 4.42 Å². The number of rotatable bonds is 0. The van der Waals surface area contributed by atoms with Crippen molar-refractivity contribution < 1.29 is 4.42 Å². The van der Waals surface area contributed by atoms with Crippen LogP contribution in [0.1, 0.15) is 5.56 Å². The van der Waals surface area contributed by atoms with Gasteiger partial charge in [-0.3, -0.25) is 14.8 Å². The molecule has 6 nitrogen and oxygen atoms in total. The summed E-state index contributed by atoms with van der Waals surface area (Å²) in [6, 6.07) is 1.19. The van der Waals surface area contributed by atoms with E-state index in [4.69, 9.17) is 0 Å². The molecule has 2 rings (SSSR count). The highest BCUT2D eigenvalue weighted by Gasteiger charge is 2.06. The van der Waals surface area contributed by atoms with Crippen molar-refractivity contribution in [2.75, 3.05) is 0 Å². The van der Waals surface area contributed by atoms with Crippen molar-refractivity contribution in [3.63, 3.8) is 0 Å². The van der Waals surface area contributed by atoms with Crippen LogP contribution >= 0.6 is 0 Å². The summed E-state index contributed by atoms with van der Waals surface area (Å²) < 4.78 is 4.67. The Morgan fingerprint density at radius 2 is 1.93 bits per heavy atom. The van der Waals surface area contributed by atoms with Crippen molar-refractivity contribution in [1.29, 1.82) is 0 Å². The van der Waals surface area contributed by atoms with Gasteiger partial charge in [-0.1, -0.05) is 0 Å². The van der Waals surface area contributed by atoms with E-state index in [0.29, 0.717) is 5.56 Å². The summed E-state index contributed by atoms with van der Waals surface area (Å²) in [5.74, 6) is 0. The molecule has 0 unspecified atom stereocenters. The topological polar surface area (TPSA) is 95.9 Å². The second-order valence-electron chi connectivity index (χ2n) is 2.86. The summed E-state index contributed by atoms with van der Waals surface area (Å²) in [6.07, 6.45) is 0. The van der Waals surface area contributed by atoms with Crippen molar-refractivity contribution in [3.05, 3.63) is 42.9 Å². The van der Waals surface area contributed by atoms with Gasteiger partial charge in [-0.2, -0.15) is 0 Å². The summed E-state index contributed by atoms with van der Waals surface area (Å²) in [4.78, 5) is 37.4. The molecule has 0 aromatic carbocycles. The van der Waals surface area contributed by atoms with Crippen LogP contribution in [0.3, 0.4) is 0 Å². The van der Waals surface area contributed by atoms with E-state index in [1.165, 1.54) is 6.07 Å². The van der Waals surface area contributed by atoms with E-state index in [2.05, 4.69) is 9.40 Å². The molecule has 2 heterocycles. The molecule has 0 radical (unpaired) electrons. The maximum absolute atomic E-state index is 11.3. The van der Waals surface area contributed by atoms with Gasteiger partial charge in [-0.05, 0) is 12.5 Å². The van der Waals surface area contributed by atoms with Gasteiger partial charge in [0.15, 0.2) is 0 Å². The van der Waals surface area contributed by atoms with Crippen LogP contribution in [0.4, 0.5) is 0 Å². The first-order chi connectivity index (χ1) is 6.58. The number of hydrogen-bond acceptors (Lipinski definition) is 4. The number of hydrogen-bond donors (Lipinski definition) is 2. The predicted octanol–water partition coefficient (Wildman–Crippen LogP) is -0.522. The van der Waals surface area contributed by atoms with Crippen molar-refractivity contribution in [2.45, 2.75) is 6.92 Å². The average Bonchev–Trinajstić information content (AvgIpc) is 1.99. The normalized spacial score (nSPS) is 10.6. The van der Waals surface area contributed by atoms with Gasteiger partial charge in [-0.25, -0.2) is 9.59 Å². The maximum atomic E-state index is 11.3. The third-order valence-corrected chi connectivity index (χ3v) is 1.84. The lowest BCUT2D eigenvalue weighted by Crippen LogP contribution is -2.23. The van der Waals surface area contributed by atoms with E-state index in [1.54, 1.807) is 6.92 Å². The second kappa shape index (κ2) is 2.69. The van der Waals surface area contributed by atoms with Crippen molar-refractivity contribution in [2.24, 2.45) is 0 Å². The third-order valence-electron chi connectivity index (χ3n) is 1.84. The zero-order chi connectivity index (χ0) is 10.3. The summed E-state index contributed by atoms with van der Waals surface area (Å²) in [6.45, 7) is 1.59. The number of H-pyrrole nitrogens is 2. The molecule has 0 spiro atoms. The van der Waals surface area contributed by atoms with Crippen LogP contribution in [0.5, 0.6) is 0 Å². The number of fused-ring (bicyclic) bond motifs is 1. The zero-order valence-electron chi connectivity index (χ0n) is 7.21. The molecule has 0 aliphatic carbocycles. The minimum Gasteiger partial charge on any atom is -0.405 e. The van der Waals surface area contributed by atoms with Crippen LogP contribution in [0.15, 0.2) is 24.9 Å². The smallest absolute Gasteiger partial charge is 0.337 e. The summed E-state index contributed by atoms with van der Waals surface area (Å²) >= 11 is 0. The molecule has 72 valence electrons. The molecule has 0 atom stereocenters. The molecular formula is C8H6N2O4. The zero-order valence-corrected chi connectivity index (χ0v) is 7.21. The van der Waals surface area contributed by atoms with Crippen molar-refractivity contribution in [1.82, 2.24) is 9.97 Å². The van der Waals surface area contributed by atoms with Crippen LogP contribution in [-0.4, -0.2) is 9.97 Å². The lowest BCUT2D eigenvalue weighted by Gasteiger charge is -1.96. The molecular weight excluding hydrogens is 188 g/mol. The van der Waals surface area contributed by atoms with Gasteiger partial charge in [-0.15, -0.1) is 0 Å². The van der Waals surface area contributed by atoms with E-state index < -0.39 is 16.9 Å². The first-order valence-corrected chi connectivity index (χ1v) is 3.85. The largest absolute Gasteiger partial charge is 0.405 e. The monoisotopic (exact) mass is 194 g/mol. The van der Waals surface area contributed by atoms with Crippen LogP contribution in [0, 0.1) is 6.92 Å². The Kier molecular flexibility index (Phi) is 1.63. The Hall–Kier alpha value is -2.11. The molecule has 0 bridgehead atoms. The SMILES string of the molecule is Cc1cc(=O)oc2[nH]c(=O)[nH]c(=O)c12. The Balaban J connectivity index is 3.18. The highest BCUT2D eigenvalue weighted by atomic mass is 16.4. The molecule has 0 fully saturated rings. The van der Waals surface area contributed by atoms with E-state index in [9.17, 15) is 14.4 Å². The molecule has 0 saturated heterocycles. The van der Waals surface area contributed by atoms with Crippen molar-refractivity contribution >= 4 is 11.1 Å². The Bertz CT molecular complexity index is 656. The Morgan fingerprint density at radius 3 is 2.64 bits per heavy atom. The quantitative estimate of drug-likeness (QED) is 0.589. The molecule has 14 heavy (non-hydrogen) atoms. The highest BCUT2D eigenvalue weighted by Crippen LogP contribution is 2.05. The van der Waals surface area contributed by atoms with E-state index >= 15 is 0 Å². The molecule has 0 aliphatic heterocycles. The maximum Gasteiger partial charge on any atom is 0.337 e. The number of aromatic nitrogens is 2. The minimum atomic E-state index is -0.698. The van der Waals surface area contributed by atoms with Crippen LogP contribution in [-0.2, 0) is 0 Å². The van der Waals surface area contributed by atoms with Crippen LogP contribution in [0.2, 0.25) is 0 Å². The third kappa shape index (κ3) is 1.17. The fourth-order valence-corrected chi connectivity index (χ4v) is 1.28. The summed E-state index contributed by atoms with van der Waals surface area (Å²) in [5, 5.41) is 0.184. The van der Waals surface area contributed by atoms with Gasteiger partial charge in [0.05, 0.1) is 0 Å². The average molecular weight is 194 g/mol. The first-order valence-electron chi connectivity index (χ1n) is 3.85. The molecule has 0 amide bonds. The summed E-state index contributed by atoms with van der Waals surface area (Å²) in [5.41, 5.74) is -1.49. The lowest BCUT2D eigenvalue weighted by molar-refractivity contribution is 0.545.